The van der Waals surface area contributed by atoms with Gasteiger partial charge in [0.05, 0.1) is 16.8 Å². The van der Waals surface area contributed by atoms with Crippen LogP contribution in [-0.4, -0.2) is 35.7 Å². The van der Waals surface area contributed by atoms with Gasteiger partial charge in [-0.15, -0.1) is 0 Å². The fraction of sp³-hybridized carbons (Fsp3) is 0.211. The molecule has 7 heteroatoms. The molecule has 0 aromatic heterocycles. The van der Waals surface area contributed by atoms with E-state index in [9.17, 15) is 23.2 Å². The third-order valence-electron chi connectivity index (χ3n) is 4.68. The number of nitrogens with zero attached hydrogens (tertiary/aromatic N) is 2. The molecule has 5 nitrogen and oxygen atoms in total. The largest absolute Gasteiger partial charge is 0.308 e. The standard InChI is InChI=1S/C19H14F2N2O3/c20-12-8-11-4-3-7-22(17(11)15(21)9-12)16(24)10-23-18(25)13-5-1-2-6-14(13)19(23)26/h1-2,5-6,8-9H,3-4,7,10H2. The van der Waals surface area contributed by atoms with E-state index < -0.39 is 35.9 Å². The molecule has 0 saturated carbocycles. The summed E-state index contributed by atoms with van der Waals surface area (Å²) in [7, 11) is 0. The lowest BCUT2D eigenvalue weighted by molar-refractivity contribution is -0.119. The molecule has 0 fully saturated rings. The number of benzene rings is 2. The summed E-state index contributed by atoms with van der Waals surface area (Å²) in [4.78, 5) is 39.6. The Hall–Kier alpha value is -3.09. The van der Waals surface area contributed by atoms with E-state index >= 15 is 0 Å². The lowest BCUT2D eigenvalue weighted by atomic mass is 10.0. The second-order valence-corrected chi connectivity index (χ2v) is 6.29. The monoisotopic (exact) mass is 356 g/mol. The molecule has 0 spiro atoms. The number of anilines is 1. The van der Waals surface area contributed by atoms with E-state index in [4.69, 9.17) is 0 Å². The van der Waals surface area contributed by atoms with Crippen LogP contribution in [0.4, 0.5) is 14.5 Å². The molecule has 26 heavy (non-hydrogen) atoms. The Kier molecular flexibility index (Phi) is 3.79. The van der Waals surface area contributed by atoms with Gasteiger partial charge < -0.3 is 4.90 Å². The highest BCUT2D eigenvalue weighted by molar-refractivity contribution is 6.22. The second-order valence-electron chi connectivity index (χ2n) is 6.29. The normalized spacial score (nSPS) is 15.9. The Balaban J connectivity index is 1.62. The zero-order chi connectivity index (χ0) is 18.4. The number of rotatable bonds is 2. The number of carbonyl (C=O) groups excluding carboxylic acids is 3. The number of amides is 3. The van der Waals surface area contributed by atoms with Crippen LogP contribution in [0.15, 0.2) is 36.4 Å². The zero-order valence-corrected chi connectivity index (χ0v) is 13.7. The van der Waals surface area contributed by atoms with Crippen molar-refractivity contribution in [2.45, 2.75) is 12.8 Å². The first-order chi connectivity index (χ1) is 12.5. The molecule has 2 heterocycles. The Bertz CT molecular complexity index is 923. The number of hydrogen-bond donors (Lipinski definition) is 0. The third-order valence-corrected chi connectivity index (χ3v) is 4.68. The van der Waals surface area contributed by atoms with Crippen LogP contribution in [-0.2, 0) is 11.2 Å². The predicted molar refractivity (Wildman–Crippen MR) is 88.8 cm³/mol. The molecule has 0 unspecified atom stereocenters. The molecule has 0 bridgehead atoms. The summed E-state index contributed by atoms with van der Waals surface area (Å²) in [6.45, 7) is -0.236. The summed E-state index contributed by atoms with van der Waals surface area (Å²) >= 11 is 0. The number of carbonyl (C=O) groups is 3. The lowest BCUT2D eigenvalue weighted by Gasteiger charge is -2.31. The Morgan fingerprint density at radius 3 is 2.35 bits per heavy atom. The van der Waals surface area contributed by atoms with E-state index in [0.29, 0.717) is 18.4 Å². The van der Waals surface area contributed by atoms with Gasteiger partial charge in [-0.1, -0.05) is 12.1 Å². The van der Waals surface area contributed by atoms with E-state index in [0.717, 1.165) is 11.0 Å². The van der Waals surface area contributed by atoms with Gasteiger partial charge in [0.2, 0.25) is 5.91 Å². The molecule has 0 saturated heterocycles. The highest BCUT2D eigenvalue weighted by Gasteiger charge is 2.38. The maximum Gasteiger partial charge on any atom is 0.262 e. The smallest absolute Gasteiger partial charge is 0.262 e. The van der Waals surface area contributed by atoms with Gasteiger partial charge in [-0.3, -0.25) is 19.3 Å². The highest BCUT2D eigenvalue weighted by atomic mass is 19.1. The lowest BCUT2D eigenvalue weighted by Crippen LogP contribution is -2.45. The maximum atomic E-state index is 14.2. The van der Waals surface area contributed by atoms with Crippen LogP contribution in [0.25, 0.3) is 0 Å². The Morgan fingerprint density at radius 2 is 1.69 bits per heavy atom. The fourth-order valence-electron chi connectivity index (χ4n) is 3.50. The highest BCUT2D eigenvalue weighted by Crippen LogP contribution is 2.31. The van der Waals surface area contributed by atoms with Crippen molar-refractivity contribution in [3.05, 3.63) is 64.7 Å². The molecular formula is C19H14F2N2O3. The molecule has 3 amide bonds. The van der Waals surface area contributed by atoms with Crippen LogP contribution >= 0.6 is 0 Å². The number of halogens is 2. The van der Waals surface area contributed by atoms with Crippen LogP contribution in [0, 0.1) is 11.6 Å². The van der Waals surface area contributed by atoms with Crippen LogP contribution in [0.3, 0.4) is 0 Å². The van der Waals surface area contributed by atoms with Gasteiger partial charge in [0.15, 0.2) is 0 Å². The molecular weight excluding hydrogens is 342 g/mol. The molecule has 4 rings (SSSR count). The van der Waals surface area contributed by atoms with E-state index in [1.807, 2.05) is 0 Å². The van der Waals surface area contributed by atoms with Crippen molar-refractivity contribution >= 4 is 23.4 Å². The summed E-state index contributed by atoms with van der Waals surface area (Å²) in [6.07, 6.45) is 1.00. The topological polar surface area (TPSA) is 57.7 Å². The molecule has 0 N–H and O–H groups in total. The molecule has 132 valence electrons. The van der Waals surface area contributed by atoms with Gasteiger partial charge >= 0.3 is 0 Å². The minimum absolute atomic E-state index is 0.0271. The van der Waals surface area contributed by atoms with Gasteiger partial charge in [-0.05, 0) is 36.6 Å². The summed E-state index contributed by atoms with van der Waals surface area (Å²) in [5, 5.41) is 0. The molecule has 0 aliphatic carbocycles. The maximum absolute atomic E-state index is 14.2. The van der Waals surface area contributed by atoms with E-state index in [1.54, 1.807) is 12.1 Å². The number of fused-ring (bicyclic) bond motifs is 2. The molecule has 0 radical (unpaired) electrons. The number of hydrogen-bond acceptors (Lipinski definition) is 3. The first-order valence-electron chi connectivity index (χ1n) is 8.21. The van der Waals surface area contributed by atoms with E-state index in [-0.39, 0.29) is 23.4 Å². The molecule has 2 aromatic carbocycles. The van der Waals surface area contributed by atoms with E-state index in [2.05, 4.69) is 0 Å². The van der Waals surface area contributed by atoms with Gasteiger partial charge in [-0.2, -0.15) is 0 Å². The minimum atomic E-state index is -0.824. The number of aryl methyl sites for hydroxylation is 1. The molecule has 2 aromatic rings. The van der Waals surface area contributed by atoms with Crippen molar-refractivity contribution in [3.63, 3.8) is 0 Å². The first-order valence-corrected chi connectivity index (χ1v) is 8.21. The minimum Gasteiger partial charge on any atom is -0.308 e. The van der Waals surface area contributed by atoms with Gasteiger partial charge in [0.25, 0.3) is 11.8 Å². The Labute approximate surface area is 147 Å². The predicted octanol–water partition coefficient (Wildman–Crippen LogP) is 2.54. The summed E-state index contributed by atoms with van der Waals surface area (Å²) in [6, 6.07) is 8.27. The van der Waals surface area contributed by atoms with Crippen molar-refractivity contribution in [1.82, 2.24) is 4.90 Å². The second kappa shape index (κ2) is 6.01. The average Bonchev–Trinajstić information content (AvgIpc) is 2.86. The van der Waals surface area contributed by atoms with Crippen LogP contribution in [0.1, 0.15) is 32.7 Å². The SMILES string of the molecule is O=C1c2ccccc2C(=O)N1CC(=O)N1CCCc2cc(F)cc(F)c21. The summed E-state index contributed by atoms with van der Waals surface area (Å²) in [5.74, 6) is -3.19. The summed E-state index contributed by atoms with van der Waals surface area (Å²) in [5.41, 5.74) is 0.930. The molecule has 2 aliphatic heterocycles. The van der Waals surface area contributed by atoms with Crippen LogP contribution < -0.4 is 4.90 Å². The fourth-order valence-corrected chi connectivity index (χ4v) is 3.50. The van der Waals surface area contributed by atoms with Crippen molar-refractivity contribution in [1.29, 1.82) is 0 Å². The van der Waals surface area contributed by atoms with Crippen molar-refractivity contribution in [2.75, 3.05) is 18.0 Å². The summed E-state index contributed by atoms with van der Waals surface area (Å²) < 4.78 is 27.7. The molecule has 0 atom stereocenters. The molecule has 2 aliphatic rings. The van der Waals surface area contributed by atoms with E-state index in [1.165, 1.54) is 23.1 Å². The van der Waals surface area contributed by atoms with Crippen molar-refractivity contribution < 1.29 is 23.2 Å². The van der Waals surface area contributed by atoms with Gasteiger partial charge in [0.1, 0.15) is 18.2 Å². The average molecular weight is 356 g/mol. The quantitative estimate of drug-likeness (QED) is 0.777. The van der Waals surface area contributed by atoms with Crippen LogP contribution in [0.5, 0.6) is 0 Å². The van der Waals surface area contributed by atoms with Crippen molar-refractivity contribution in [2.24, 2.45) is 0 Å². The third kappa shape index (κ3) is 2.47. The van der Waals surface area contributed by atoms with Gasteiger partial charge in [-0.25, -0.2) is 8.78 Å². The van der Waals surface area contributed by atoms with Crippen LogP contribution in [0.2, 0.25) is 0 Å². The first kappa shape index (κ1) is 16.4. The number of imide groups is 1. The zero-order valence-electron chi connectivity index (χ0n) is 13.7. The Morgan fingerprint density at radius 1 is 1.04 bits per heavy atom. The van der Waals surface area contributed by atoms with Gasteiger partial charge in [0, 0.05) is 12.6 Å². The van der Waals surface area contributed by atoms with Crippen molar-refractivity contribution in [3.8, 4) is 0 Å².